The highest BCUT2D eigenvalue weighted by atomic mass is 32.1. The van der Waals surface area contributed by atoms with E-state index in [4.69, 9.17) is 5.11 Å². The largest absolute Gasteiger partial charge is 0.478 e. The molecule has 6 heteroatoms. The first-order valence-corrected chi connectivity index (χ1v) is 7.32. The standard InChI is InChI=1S/C15H12FNO3S/c16-9-4-5-10(15(19)20)11(7-9)17-14(18)13-6-8-2-1-3-12(8)21-13/h4-7H,1-3H2,(H,17,18)(H,19,20). The monoisotopic (exact) mass is 305 g/mol. The van der Waals surface area contributed by atoms with Crippen LogP contribution < -0.4 is 5.32 Å². The maximum absolute atomic E-state index is 13.3. The number of thiophene rings is 1. The van der Waals surface area contributed by atoms with E-state index in [2.05, 4.69) is 5.32 Å². The molecule has 1 aromatic heterocycles. The van der Waals surface area contributed by atoms with Crippen molar-refractivity contribution in [1.82, 2.24) is 0 Å². The molecule has 4 nitrogen and oxygen atoms in total. The minimum absolute atomic E-state index is 0.0268. The third-order valence-corrected chi connectivity index (χ3v) is 4.67. The number of rotatable bonds is 3. The van der Waals surface area contributed by atoms with Gasteiger partial charge in [-0.2, -0.15) is 0 Å². The molecule has 0 bridgehead atoms. The van der Waals surface area contributed by atoms with E-state index in [1.807, 2.05) is 6.07 Å². The van der Waals surface area contributed by atoms with Crippen LogP contribution in [-0.2, 0) is 12.8 Å². The maximum atomic E-state index is 13.3. The fourth-order valence-electron chi connectivity index (χ4n) is 2.43. The molecule has 3 rings (SSSR count). The molecule has 1 heterocycles. The molecule has 1 aliphatic rings. The van der Waals surface area contributed by atoms with E-state index < -0.39 is 17.7 Å². The number of nitrogens with one attached hydrogen (secondary N) is 1. The number of hydrogen-bond donors (Lipinski definition) is 2. The van der Waals surface area contributed by atoms with Gasteiger partial charge in [0.1, 0.15) is 5.82 Å². The number of halogens is 1. The lowest BCUT2D eigenvalue weighted by molar-refractivity contribution is 0.0698. The van der Waals surface area contributed by atoms with Gasteiger partial charge in [-0.25, -0.2) is 9.18 Å². The summed E-state index contributed by atoms with van der Waals surface area (Å²) in [4.78, 5) is 25.0. The average Bonchev–Trinajstić information content (AvgIpc) is 2.98. The number of benzene rings is 1. The second-order valence-electron chi connectivity index (χ2n) is 4.86. The molecule has 0 unspecified atom stereocenters. The van der Waals surface area contributed by atoms with Crippen molar-refractivity contribution in [2.45, 2.75) is 19.3 Å². The molecule has 0 spiro atoms. The van der Waals surface area contributed by atoms with Crippen LogP contribution in [0.5, 0.6) is 0 Å². The number of hydrogen-bond acceptors (Lipinski definition) is 3. The van der Waals surface area contributed by atoms with E-state index in [1.165, 1.54) is 21.8 Å². The van der Waals surface area contributed by atoms with Gasteiger partial charge in [-0.1, -0.05) is 0 Å². The highest BCUT2D eigenvalue weighted by molar-refractivity contribution is 7.14. The number of amides is 1. The highest BCUT2D eigenvalue weighted by Crippen LogP contribution is 2.31. The number of carboxylic acid groups (broad SMARTS) is 1. The van der Waals surface area contributed by atoms with Crippen LogP contribution in [0, 0.1) is 5.82 Å². The summed E-state index contributed by atoms with van der Waals surface area (Å²) in [7, 11) is 0. The minimum Gasteiger partial charge on any atom is -0.478 e. The molecule has 21 heavy (non-hydrogen) atoms. The summed E-state index contributed by atoms with van der Waals surface area (Å²) in [6.45, 7) is 0. The van der Waals surface area contributed by atoms with Crippen molar-refractivity contribution in [1.29, 1.82) is 0 Å². The SMILES string of the molecule is O=C(Nc1cc(F)ccc1C(=O)O)c1cc2c(s1)CCC2. The molecule has 2 aromatic rings. The van der Waals surface area contributed by atoms with Crippen LogP contribution in [-0.4, -0.2) is 17.0 Å². The van der Waals surface area contributed by atoms with Crippen LogP contribution in [0.25, 0.3) is 0 Å². The molecule has 0 saturated carbocycles. The van der Waals surface area contributed by atoms with Crippen LogP contribution in [0.4, 0.5) is 10.1 Å². The summed E-state index contributed by atoms with van der Waals surface area (Å²) >= 11 is 1.41. The smallest absolute Gasteiger partial charge is 0.337 e. The van der Waals surface area contributed by atoms with Gasteiger partial charge in [-0.3, -0.25) is 4.79 Å². The van der Waals surface area contributed by atoms with Gasteiger partial charge >= 0.3 is 5.97 Å². The Balaban J connectivity index is 1.87. The fourth-order valence-corrected chi connectivity index (χ4v) is 3.58. The molecule has 0 aliphatic heterocycles. The summed E-state index contributed by atoms with van der Waals surface area (Å²) in [6.07, 6.45) is 3.06. The molecule has 108 valence electrons. The molecule has 2 N–H and O–H groups in total. The molecule has 1 amide bonds. The number of anilines is 1. The van der Waals surface area contributed by atoms with E-state index in [0.717, 1.165) is 37.5 Å². The zero-order valence-corrected chi connectivity index (χ0v) is 11.8. The summed E-state index contributed by atoms with van der Waals surface area (Å²) in [5, 5.41) is 11.6. The molecule has 0 radical (unpaired) electrons. The Morgan fingerprint density at radius 1 is 1.24 bits per heavy atom. The number of aryl methyl sites for hydroxylation is 2. The number of carbonyl (C=O) groups excluding carboxylic acids is 1. The number of carboxylic acids is 1. The summed E-state index contributed by atoms with van der Waals surface area (Å²) in [5.41, 5.74) is 1.03. The lowest BCUT2D eigenvalue weighted by Gasteiger charge is -2.07. The fraction of sp³-hybridized carbons (Fsp3) is 0.200. The first-order chi connectivity index (χ1) is 10.0. The predicted octanol–water partition coefficient (Wildman–Crippen LogP) is 3.33. The predicted molar refractivity (Wildman–Crippen MR) is 77.7 cm³/mol. The summed E-state index contributed by atoms with van der Waals surface area (Å²) in [6, 6.07) is 5.05. The Morgan fingerprint density at radius 3 is 2.76 bits per heavy atom. The number of carbonyl (C=O) groups is 2. The average molecular weight is 305 g/mol. The van der Waals surface area contributed by atoms with Crippen molar-refractivity contribution in [3.63, 3.8) is 0 Å². The van der Waals surface area contributed by atoms with Crippen molar-refractivity contribution in [3.05, 3.63) is 51.0 Å². The van der Waals surface area contributed by atoms with Gasteiger partial charge in [0.2, 0.25) is 0 Å². The topological polar surface area (TPSA) is 66.4 Å². The van der Waals surface area contributed by atoms with E-state index >= 15 is 0 Å². The lowest BCUT2D eigenvalue weighted by atomic mass is 10.1. The quantitative estimate of drug-likeness (QED) is 0.914. The second kappa shape index (κ2) is 5.29. The van der Waals surface area contributed by atoms with E-state index in [-0.39, 0.29) is 11.3 Å². The Kier molecular flexibility index (Phi) is 3.47. The number of fused-ring (bicyclic) bond motifs is 1. The maximum Gasteiger partial charge on any atom is 0.337 e. The Labute approximate surface area is 124 Å². The van der Waals surface area contributed by atoms with E-state index in [0.29, 0.717) is 4.88 Å². The Morgan fingerprint density at radius 2 is 2.05 bits per heavy atom. The van der Waals surface area contributed by atoms with Crippen LogP contribution in [0.15, 0.2) is 24.3 Å². The van der Waals surface area contributed by atoms with Gasteiger partial charge < -0.3 is 10.4 Å². The number of aromatic carboxylic acids is 1. The highest BCUT2D eigenvalue weighted by Gasteiger charge is 2.20. The summed E-state index contributed by atoms with van der Waals surface area (Å²) < 4.78 is 13.3. The Hall–Kier alpha value is -2.21. The lowest BCUT2D eigenvalue weighted by Crippen LogP contribution is -2.14. The minimum atomic E-state index is -1.21. The molecular weight excluding hydrogens is 293 g/mol. The zero-order chi connectivity index (χ0) is 15.0. The molecule has 1 aliphatic carbocycles. The zero-order valence-electron chi connectivity index (χ0n) is 11.0. The third kappa shape index (κ3) is 2.67. The van der Waals surface area contributed by atoms with Gasteiger partial charge in [0.25, 0.3) is 5.91 Å². The van der Waals surface area contributed by atoms with Gasteiger partial charge in [0.15, 0.2) is 0 Å². The van der Waals surface area contributed by atoms with Crippen LogP contribution in [0.3, 0.4) is 0 Å². The van der Waals surface area contributed by atoms with Crippen molar-refractivity contribution in [3.8, 4) is 0 Å². The van der Waals surface area contributed by atoms with Crippen molar-refractivity contribution in [2.75, 3.05) is 5.32 Å². The first kappa shape index (κ1) is 13.8. The van der Waals surface area contributed by atoms with Gasteiger partial charge in [-0.15, -0.1) is 11.3 Å². The van der Waals surface area contributed by atoms with Gasteiger partial charge in [0, 0.05) is 4.88 Å². The molecule has 1 aromatic carbocycles. The van der Waals surface area contributed by atoms with Crippen LogP contribution >= 0.6 is 11.3 Å². The molecule has 0 fully saturated rings. The second-order valence-corrected chi connectivity index (χ2v) is 6.00. The molecule has 0 atom stereocenters. The van der Waals surface area contributed by atoms with E-state index in [9.17, 15) is 14.0 Å². The first-order valence-electron chi connectivity index (χ1n) is 6.50. The van der Waals surface area contributed by atoms with Gasteiger partial charge in [0.05, 0.1) is 16.1 Å². The van der Waals surface area contributed by atoms with Crippen molar-refractivity contribution in [2.24, 2.45) is 0 Å². The summed E-state index contributed by atoms with van der Waals surface area (Å²) in [5.74, 6) is -2.20. The molecular formula is C15H12FNO3S. The van der Waals surface area contributed by atoms with Crippen molar-refractivity contribution < 1.29 is 19.1 Å². The van der Waals surface area contributed by atoms with Crippen LogP contribution in [0.2, 0.25) is 0 Å². The Bertz CT molecular complexity index is 717. The normalized spacial score (nSPS) is 13.0. The van der Waals surface area contributed by atoms with E-state index in [1.54, 1.807) is 0 Å². The van der Waals surface area contributed by atoms with Crippen molar-refractivity contribution >= 4 is 28.9 Å². The third-order valence-electron chi connectivity index (χ3n) is 3.43. The van der Waals surface area contributed by atoms with Gasteiger partial charge in [-0.05, 0) is 49.1 Å². The molecule has 0 saturated heterocycles. The van der Waals surface area contributed by atoms with Crippen LogP contribution in [0.1, 0.15) is 36.9 Å².